The van der Waals surface area contributed by atoms with Crippen LogP contribution < -0.4 is 0 Å². The Labute approximate surface area is 95.7 Å². The Hall–Kier alpha value is -1.57. The Balaban J connectivity index is 2.43. The van der Waals surface area contributed by atoms with Crippen molar-refractivity contribution < 1.29 is 17.6 Å². The first kappa shape index (κ1) is 11.9. The van der Waals surface area contributed by atoms with Gasteiger partial charge in [-0.25, -0.2) is 4.39 Å². The van der Waals surface area contributed by atoms with Gasteiger partial charge in [-0.3, -0.25) is 0 Å². The molecule has 1 aliphatic rings. The van der Waals surface area contributed by atoms with Gasteiger partial charge in [0.1, 0.15) is 5.82 Å². The summed E-state index contributed by atoms with van der Waals surface area (Å²) in [4.78, 5) is 0. The van der Waals surface area contributed by atoms with Crippen LogP contribution in [-0.4, -0.2) is 0 Å². The van der Waals surface area contributed by atoms with Crippen LogP contribution in [0.2, 0.25) is 0 Å². The fourth-order valence-corrected chi connectivity index (χ4v) is 2.05. The number of nitrogens with zero attached hydrogens (tertiary/aromatic N) is 1. The molecule has 90 valence electrons. The Kier molecular flexibility index (Phi) is 2.61. The van der Waals surface area contributed by atoms with Crippen LogP contribution in [0.5, 0.6) is 0 Å². The van der Waals surface area contributed by atoms with Gasteiger partial charge in [0.25, 0.3) is 0 Å². The molecule has 17 heavy (non-hydrogen) atoms. The zero-order chi connectivity index (χ0) is 12.7. The normalized spacial score (nSPS) is 18.3. The molecule has 0 atom stereocenters. The minimum absolute atomic E-state index is 0.0826. The van der Waals surface area contributed by atoms with Crippen molar-refractivity contribution in [1.82, 2.24) is 0 Å². The first-order valence-electron chi connectivity index (χ1n) is 5.17. The third-order valence-electron chi connectivity index (χ3n) is 3.23. The predicted molar refractivity (Wildman–Crippen MR) is 52.5 cm³/mol. The summed E-state index contributed by atoms with van der Waals surface area (Å²) in [5, 5.41) is 9.00. The lowest BCUT2D eigenvalue weighted by Gasteiger charge is -2.35. The van der Waals surface area contributed by atoms with Gasteiger partial charge < -0.3 is 0 Å². The molecule has 0 aliphatic heterocycles. The van der Waals surface area contributed by atoms with Crippen LogP contribution in [0.3, 0.4) is 0 Å². The molecule has 0 radical (unpaired) electrons. The lowest BCUT2D eigenvalue weighted by molar-refractivity contribution is -0.137. The summed E-state index contributed by atoms with van der Waals surface area (Å²) in [6.45, 7) is 0. The number of alkyl halides is 3. The van der Waals surface area contributed by atoms with E-state index in [1.165, 1.54) is 0 Å². The number of hydrogen-bond acceptors (Lipinski definition) is 1. The molecule has 0 N–H and O–H groups in total. The lowest BCUT2D eigenvalue weighted by atomic mass is 9.65. The summed E-state index contributed by atoms with van der Waals surface area (Å²) in [5.41, 5.74) is -1.86. The molecule has 0 bridgehead atoms. The molecule has 0 amide bonds. The maximum atomic E-state index is 13.6. The van der Waals surface area contributed by atoms with E-state index in [0.29, 0.717) is 18.9 Å². The van der Waals surface area contributed by atoms with Crippen LogP contribution >= 0.6 is 0 Å². The lowest BCUT2D eigenvalue weighted by Crippen LogP contribution is -2.33. The SMILES string of the molecule is N#CC1(c2ccc(C(F)(F)F)cc2F)CCC1. The number of hydrogen-bond donors (Lipinski definition) is 0. The van der Waals surface area contributed by atoms with E-state index in [1.54, 1.807) is 0 Å². The molecular formula is C12H9F4N. The predicted octanol–water partition coefficient (Wildman–Crippen LogP) is 3.79. The molecule has 1 aliphatic carbocycles. The van der Waals surface area contributed by atoms with Crippen molar-refractivity contribution in [3.05, 3.63) is 35.1 Å². The van der Waals surface area contributed by atoms with Gasteiger partial charge in [-0.15, -0.1) is 0 Å². The molecule has 0 spiro atoms. The summed E-state index contributed by atoms with van der Waals surface area (Å²) in [5.74, 6) is -0.943. The van der Waals surface area contributed by atoms with Crippen LogP contribution in [0, 0.1) is 17.1 Å². The summed E-state index contributed by atoms with van der Waals surface area (Å²) >= 11 is 0. The summed E-state index contributed by atoms with van der Waals surface area (Å²) in [6, 6.07) is 4.39. The van der Waals surface area contributed by atoms with E-state index in [2.05, 4.69) is 0 Å². The highest BCUT2D eigenvalue weighted by molar-refractivity contribution is 5.38. The molecule has 0 heterocycles. The highest BCUT2D eigenvalue weighted by Gasteiger charge is 2.42. The molecule has 5 heteroatoms. The van der Waals surface area contributed by atoms with Gasteiger partial charge in [0.15, 0.2) is 0 Å². The average Bonchev–Trinajstić information content (AvgIpc) is 2.17. The molecule has 0 aromatic heterocycles. The molecule has 1 aromatic rings. The molecular weight excluding hydrogens is 234 g/mol. The summed E-state index contributed by atoms with van der Waals surface area (Å²) < 4.78 is 50.7. The van der Waals surface area contributed by atoms with Gasteiger partial charge in [0, 0.05) is 5.56 Å². The van der Waals surface area contributed by atoms with Gasteiger partial charge in [-0.05, 0) is 31.4 Å². The van der Waals surface area contributed by atoms with E-state index < -0.39 is 23.0 Å². The van der Waals surface area contributed by atoms with E-state index in [0.717, 1.165) is 18.6 Å². The van der Waals surface area contributed by atoms with Crippen LogP contribution in [0.1, 0.15) is 30.4 Å². The molecule has 2 rings (SSSR count). The topological polar surface area (TPSA) is 23.8 Å². The van der Waals surface area contributed by atoms with Crippen molar-refractivity contribution in [2.45, 2.75) is 30.9 Å². The number of halogens is 4. The maximum absolute atomic E-state index is 13.6. The summed E-state index contributed by atoms with van der Waals surface area (Å²) in [6.07, 6.45) is -2.75. The number of benzene rings is 1. The summed E-state index contributed by atoms with van der Waals surface area (Å²) in [7, 11) is 0. The van der Waals surface area contributed by atoms with Crippen molar-refractivity contribution in [2.24, 2.45) is 0 Å². The van der Waals surface area contributed by atoms with Crippen LogP contribution in [0.15, 0.2) is 18.2 Å². The van der Waals surface area contributed by atoms with Gasteiger partial charge in [0.2, 0.25) is 0 Å². The van der Waals surface area contributed by atoms with Crippen molar-refractivity contribution >= 4 is 0 Å². The second-order valence-corrected chi connectivity index (χ2v) is 4.24. The highest BCUT2D eigenvalue weighted by atomic mass is 19.4. The van der Waals surface area contributed by atoms with E-state index in [-0.39, 0.29) is 5.56 Å². The smallest absolute Gasteiger partial charge is 0.207 e. The fourth-order valence-electron chi connectivity index (χ4n) is 2.05. The second-order valence-electron chi connectivity index (χ2n) is 4.24. The minimum Gasteiger partial charge on any atom is -0.207 e. The number of rotatable bonds is 1. The molecule has 0 unspecified atom stereocenters. The van der Waals surface area contributed by atoms with E-state index in [4.69, 9.17) is 5.26 Å². The van der Waals surface area contributed by atoms with Crippen molar-refractivity contribution in [2.75, 3.05) is 0 Å². The largest absolute Gasteiger partial charge is 0.416 e. The average molecular weight is 243 g/mol. The quantitative estimate of drug-likeness (QED) is 0.688. The van der Waals surface area contributed by atoms with Gasteiger partial charge in [-0.1, -0.05) is 6.07 Å². The first-order valence-corrected chi connectivity index (χ1v) is 5.17. The van der Waals surface area contributed by atoms with Gasteiger partial charge in [0.05, 0.1) is 17.0 Å². The van der Waals surface area contributed by atoms with Gasteiger partial charge >= 0.3 is 6.18 Å². The first-order chi connectivity index (χ1) is 7.89. The zero-order valence-electron chi connectivity index (χ0n) is 8.81. The van der Waals surface area contributed by atoms with E-state index in [1.807, 2.05) is 6.07 Å². The third kappa shape index (κ3) is 1.88. The van der Waals surface area contributed by atoms with Crippen LogP contribution in [-0.2, 0) is 11.6 Å². The molecule has 1 fully saturated rings. The minimum atomic E-state index is -4.56. The monoisotopic (exact) mass is 243 g/mol. The van der Waals surface area contributed by atoms with Crippen LogP contribution in [0.4, 0.5) is 17.6 Å². The Bertz CT molecular complexity index is 480. The Morgan fingerprint density at radius 2 is 1.88 bits per heavy atom. The van der Waals surface area contributed by atoms with Gasteiger partial charge in [-0.2, -0.15) is 18.4 Å². The molecule has 1 aromatic carbocycles. The molecule has 1 nitrogen and oxygen atoms in total. The Morgan fingerprint density at radius 1 is 1.24 bits per heavy atom. The zero-order valence-corrected chi connectivity index (χ0v) is 8.81. The standard InChI is InChI=1S/C12H9F4N/c13-10-6-8(12(14,15)16)2-3-9(10)11(7-17)4-1-5-11/h2-3,6H,1,4-5H2. The van der Waals surface area contributed by atoms with E-state index >= 15 is 0 Å². The van der Waals surface area contributed by atoms with Crippen molar-refractivity contribution in [1.29, 1.82) is 5.26 Å². The molecule has 0 saturated heterocycles. The molecule has 1 saturated carbocycles. The number of nitriles is 1. The van der Waals surface area contributed by atoms with Crippen molar-refractivity contribution in [3.8, 4) is 6.07 Å². The van der Waals surface area contributed by atoms with Crippen molar-refractivity contribution in [3.63, 3.8) is 0 Å². The fraction of sp³-hybridized carbons (Fsp3) is 0.417. The second kappa shape index (κ2) is 3.73. The van der Waals surface area contributed by atoms with Crippen LogP contribution in [0.25, 0.3) is 0 Å². The van der Waals surface area contributed by atoms with E-state index in [9.17, 15) is 17.6 Å². The third-order valence-corrected chi connectivity index (χ3v) is 3.23. The highest BCUT2D eigenvalue weighted by Crippen LogP contribution is 2.44. The Morgan fingerprint density at radius 3 is 2.24 bits per heavy atom. The maximum Gasteiger partial charge on any atom is 0.416 e.